The lowest BCUT2D eigenvalue weighted by molar-refractivity contribution is 0.103. The molecule has 5 heteroatoms. The van der Waals surface area contributed by atoms with Gasteiger partial charge in [0.25, 0.3) is 5.91 Å². The van der Waals surface area contributed by atoms with Crippen molar-refractivity contribution < 1.29 is 4.79 Å². The molecule has 2 aromatic heterocycles. The number of thiophene rings is 1. The predicted molar refractivity (Wildman–Crippen MR) is 103 cm³/mol. The molecule has 0 aliphatic carbocycles. The maximum atomic E-state index is 12.4. The SMILES string of the molecule is CCc1ccsc1C(=O)Nc1ccc(-n2cnc3ccccc32)cc1. The quantitative estimate of drug-likeness (QED) is 0.571. The lowest BCUT2D eigenvalue weighted by Crippen LogP contribution is -2.11. The van der Waals surface area contributed by atoms with Crippen LogP contribution in [-0.2, 0) is 6.42 Å². The minimum absolute atomic E-state index is 0.0484. The Labute approximate surface area is 149 Å². The molecule has 25 heavy (non-hydrogen) atoms. The maximum absolute atomic E-state index is 12.4. The van der Waals surface area contributed by atoms with Gasteiger partial charge in [-0.15, -0.1) is 11.3 Å². The minimum Gasteiger partial charge on any atom is -0.321 e. The number of amides is 1. The smallest absolute Gasteiger partial charge is 0.266 e. The molecule has 0 aliphatic rings. The molecular formula is C20H17N3OS. The molecule has 0 saturated carbocycles. The number of fused-ring (bicyclic) bond motifs is 1. The van der Waals surface area contributed by atoms with Gasteiger partial charge in [0.1, 0.15) is 6.33 Å². The number of hydrogen-bond acceptors (Lipinski definition) is 3. The zero-order chi connectivity index (χ0) is 17.2. The average Bonchev–Trinajstić information content (AvgIpc) is 3.29. The van der Waals surface area contributed by atoms with E-state index in [0.29, 0.717) is 0 Å². The van der Waals surface area contributed by atoms with Crippen LogP contribution in [0.15, 0.2) is 66.3 Å². The van der Waals surface area contributed by atoms with Gasteiger partial charge in [0, 0.05) is 11.4 Å². The van der Waals surface area contributed by atoms with E-state index in [4.69, 9.17) is 0 Å². The highest BCUT2D eigenvalue weighted by Gasteiger charge is 2.12. The lowest BCUT2D eigenvalue weighted by atomic mass is 10.2. The number of nitrogens with zero attached hydrogens (tertiary/aromatic N) is 2. The topological polar surface area (TPSA) is 46.9 Å². The van der Waals surface area contributed by atoms with E-state index in [2.05, 4.69) is 17.2 Å². The number of rotatable bonds is 4. The lowest BCUT2D eigenvalue weighted by Gasteiger charge is -2.08. The molecule has 4 nitrogen and oxygen atoms in total. The molecule has 1 N–H and O–H groups in total. The molecule has 0 saturated heterocycles. The van der Waals surface area contributed by atoms with Crippen molar-refractivity contribution in [3.8, 4) is 5.69 Å². The monoisotopic (exact) mass is 347 g/mol. The van der Waals surface area contributed by atoms with E-state index in [1.807, 2.05) is 70.9 Å². The van der Waals surface area contributed by atoms with E-state index in [0.717, 1.165) is 39.3 Å². The Kier molecular flexibility index (Phi) is 4.07. The van der Waals surface area contributed by atoms with Crippen LogP contribution in [0.1, 0.15) is 22.2 Å². The van der Waals surface area contributed by atoms with Crippen LogP contribution < -0.4 is 5.32 Å². The predicted octanol–water partition coefficient (Wildman–Crippen LogP) is 4.90. The van der Waals surface area contributed by atoms with Gasteiger partial charge in [0.15, 0.2) is 0 Å². The number of benzene rings is 2. The molecule has 2 heterocycles. The van der Waals surface area contributed by atoms with Crippen LogP contribution in [0.4, 0.5) is 5.69 Å². The van der Waals surface area contributed by atoms with Crippen LogP contribution >= 0.6 is 11.3 Å². The number of aromatic nitrogens is 2. The van der Waals surface area contributed by atoms with Crippen molar-refractivity contribution in [3.05, 3.63) is 76.7 Å². The standard InChI is InChI=1S/C20H17N3OS/c1-2-14-11-12-25-19(14)20(24)22-15-7-9-16(10-8-15)23-13-21-17-5-3-4-6-18(17)23/h3-13H,2H2,1H3,(H,22,24). The fourth-order valence-electron chi connectivity index (χ4n) is 2.87. The van der Waals surface area contributed by atoms with Crippen LogP contribution in [0.2, 0.25) is 0 Å². The molecular weight excluding hydrogens is 330 g/mol. The van der Waals surface area contributed by atoms with Crippen LogP contribution in [0.25, 0.3) is 16.7 Å². The Hall–Kier alpha value is -2.92. The summed E-state index contributed by atoms with van der Waals surface area (Å²) in [6, 6.07) is 17.8. The third-order valence-electron chi connectivity index (χ3n) is 4.19. The summed E-state index contributed by atoms with van der Waals surface area (Å²) in [5.74, 6) is -0.0484. The molecule has 0 bridgehead atoms. The molecule has 0 unspecified atom stereocenters. The van der Waals surface area contributed by atoms with E-state index in [-0.39, 0.29) is 5.91 Å². The Morgan fingerprint density at radius 2 is 1.92 bits per heavy atom. The third kappa shape index (κ3) is 2.94. The van der Waals surface area contributed by atoms with Gasteiger partial charge >= 0.3 is 0 Å². The molecule has 4 rings (SSSR count). The van der Waals surface area contributed by atoms with Gasteiger partial charge in [-0.25, -0.2) is 4.98 Å². The minimum atomic E-state index is -0.0484. The summed E-state index contributed by atoms with van der Waals surface area (Å²) in [6.45, 7) is 2.06. The average molecular weight is 347 g/mol. The van der Waals surface area contributed by atoms with Crippen molar-refractivity contribution >= 4 is 34.0 Å². The van der Waals surface area contributed by atoms with Crippen LogP contribution in [0.3, 0.4) is 0 Å². The molecule has 0 atom stereocenters. The highest BCUT2D eigenvalue weighted by atomic mass is 32.1. The van der Waals surface area contributed by atoms with Gasteiger partial charge in [-0.2, -0.15) is 0 Å². The van der Waals surface area contributed by atoms with Gasteiger partial charge in [-0.05, 0) is 59.8 Å². The van der Waals surface area contributed by atoms with Crippen molar-refractivity contribution in [2.45, 2.75) is 13.3 Å². The zero-order valence-electron chi connectivity index (χ0n) is 13.8. The number of imidazole rings is 1. The van der Waals surface area contributed by atoms with E-state index >= 15 is 0 Å². The molecule has 1 amide bonds. The van der Waals surface area contributed by atoms with E-state index < -0.39 is 0 Å². The Balaban J connectivity index is 1.57. The second-order valence-electron chi connectivity index (χ2n) is 5.73. The Morgan fingerprint density at radius 3 is 2.72 bits per heavy atom. The summed E-state index contributed by atoms with van der Waals surface area (Å²) in [7, 11) is 0. The van der Waals surface area contributed by atoms with Gasteiger partial charge < -0.3 is 5.32 Å². The number of carbonyl (C=O) groups is 1. The van der Waals surface area contributed by atoms with E-state index in [1.165, 1.54) is 11.3 Å². The number of para-hydroxylation sites is 2. The third-order valence-corrected chi connectivity index (χ3v) is 5.15. The molecule has 0 fully saturated rings. The van der Waals surface area contributed by atoms with Crippen molar-refractivity contribution in [2.24, 2.45) is 0 Å². The Morgan fingerprint density at radius 1 is 1.12 bits per heavy atom. The molecule has 0 aliphatic heterocycles. The summed E-state index contributed by atoms with van der Waals surface area (Å²) < 4.78 is 2.04. The largest absolute Gasteiger partial charge is 0.321 e. The second kappa shape index (κ2) is 6.53. The summed E-state index contributed by atoms with van der Waals surface area (Å²) in [5.41, 5.74) is 4.91. The normalized spacial score (nSPS) is 10.9. The number of carbonyl (C=O) groups excluding carboxylic acids is 1. The second-order valence-corrected chi connectivity index (χ2v) is 6.65. The first kappa shape index (κ1) is 15.6. The summed E-state index contributed by atoms with van der Waals surface area (Å²) in [4.78, 5) is 17.6. The summed E-state index contributed by atoms with van der Waals surface area (Å²) in [5, 5.41) is 4.93. The van der Waals surface area contributed by atoms with Gasteiger partial charge in [-0.1, -0.05) is 19.1 Å². The first-order valence-electron chi connectivity index (χ1n) is 8.16. The van der Waals surface area contributed by atoms with E-state index in [1.54, 1.807) is 0 Å². The van der Waals surface area contributed by atoms with Gasteiger partial charge in [0.05, 0.1) is 15.9 Å². The number of aryl methyl sites for hydroxylation is 1. The van der Waals surface area contributed by atoms with Crippen LogP contribution in [0, 0.1) is 0 Å². The Bertz CT molecular complexity index is 1030. The van der Waals surface area contributed by atoms with Crippen molar-refractivity contribution in [1.82, 2.24) is 9.55 Å². The van der Waals surface area contributed by atoms with Gasteiger partial charge in [-0.3, -0.25) is 9.36 Å². The van der Waals surface area contributed by atoms with E-state index in [9.17, 15) is 4.79 Å². The van der Waals surface area contributed by atoms with Crippen LogP contribution in [0.5, 0.6) is 0 Å². The number of anilines is 1. The van der Waals surface area contributed by atoms with Crippen molar-refractivity contribution in [1.29, 1.82) is 0 Å². The first-order valence-corrected chi connectivity index (χ1v) is 9.04. The molecule has 4 aromatic rings. The summed E-state index contributed by atoms with van der Waals surface area (Å²) in [6.07, 6.45) is 2.68. The highest BCUT2D eigenvalue weighted by molar-refractivity contribution is 7.12. The van der Waals surface area contributed by atoms with Crippen molar-refractivity contribution in [3.63, 3.8) is 0 Å². The number of hydrogen-bond donors (Lipinski definition) is 1. The molecule has 124 valence electrons. The molecule has 2 aromatic carbocycles. The zero-order valence-corrected chi connectivity index (χ0v) is 14.6. The molecule has 0 radical (unpaired) electrons. The van der Waals surface area contributed by atoms with Crippen molar-refractivity contribution in [2.75, 3.05) is 5.32 Å². The number of nitrogens with one attached hydrogen (secondary N) is 1. The van der Waals surface area contributed by atoms with Crippen LogP contribution in [-0.4, -0.2) is 15.5 Å². The van der Waals surface area contributed by atoms with Gasteiger partial charge in [0.2, 0.25) is 0 Å². The maximum Gasteiger partial charge on any atom is 0.266 e. The molecule has 0 spiro atoms. The fraction of sp³-hybridized carbons (Fsp3) is 0.100. The summed E-state index contributed by atoms with van der Waals surface area (Å²) >= 11 is 1.48. The highest BCUT2D eigenvalue weighted by Crippen LogP contribution is 2.22. The first-order chi connectivity index (χ1) is 12.3. The fourth-order valence-corrected chi connectivity index (χ4v) is 3.76.